The van der Waals surface area contributed by atoms with Gasteiger partial charge in [-0.2, -0.15) is 0 Å². The Bertz CT molecular complexity index is 1190. The van der Waals surface area contributed by atoms with Gasteiger partial charge >= 0.3 is 0 Å². The summed E-state index contributed by atoms with van der Waals surface area (Å²) in [6.07, 6.45) is 4.87. The molecule has 6 N–H and O–H groups in total. The highest BCUT2D eigenvalue weighted by Gasteiger charge is 2.42. The van der Waals surface area contributed by atoms with E-state index in [2.05, 4.69) is 31.2 Å². The molecule has 0 radical (unpaired) electrons. The first-order valence-corrected chi connectivity index (χ1v) is 12.6. The van der Waals surface area contributed by atoms with Gasteiger partial charge in [0.05, 0.1) is 24.1 Å². The highest BCUT2D eigenvalue weighted by molar-refractivity contribution is 5.98. The molecule has 0 spiro atoms. The second-order valence-electron chi connectivity index (χ2n) is 9.90. The van der Waals surface area contributed by atoms with Crippen molar-refractivity contribution in [3.63, 3.8) is 0 Å². The third-order valence-corrected chi connectivity index (χ3v) is 6.96. The van der Waals surface area contributed by atoms with Crippen molar-refractivity contribution in [2.45, 2.75) is 63.4 Å². The van der Waals surface area contributed by atoms with Crippen LogP contribution in [0.1, 0.15) is 42.7 Å². The van der Waals surface area contributed by atoms with Crippen LogP contribution in [0.4, 0.5) is 0 Å². The number of hydrogen-bond acceptors (Lipinski definition) is 8. The van der Waals surface area contributed by atoms with Gasteiger partial charge in [0.25, 0.3) is 5.91 Å². The second kappa shape index (κ2) is 11.5. The van der Waals surface area contributed by atoms with Gasteiger partial charge in [-0.1, -0.05) is 13.0 Å². The van der Waals surface area contributed by atoms with E-state index in [1.54, 1.807) is 31.5 Å². The van der Waals surface area contributed by atoms with Gasteiger partial charge in [-0.15, -0.1) is 0 Å². The molecule has 4 amide bonds. The minimum absolute atomic E-state index is 0.0584. The quantitative estimate of drug-likeness (QED) is 0.300. The van der Waals surface area contributed by atoms with Crippen LogP contribution in [0.15, 0.2) is 42.9 Å². The number of amides is 4. The van der Waals surface area contributed by atoms with Crippen molar-refractivity contribution in [3.8, 4) is 5.75 Å². The standard InChI is InChI=1S/C26H32N6O6/c1-13-22(34)17(11-15-5-3-9-27-12-15)30-24(36)19(31-26(38)21-18(33)6-4-10-28-21)14(2)29-25(37)20(16-7-8-16)32-23(13)35/h3-6,9-10,12-14,16-17,19-20,22,33-34H,7-8,11H2,1-2H3,(H,29,37)(H,30,36)(H,31,38)(H,32,35). The number of aromatic nitrogens is 2. The third kappa shape index (κ3) is 6.25. The third-order valence-electron chi connectivity index (χ3n) is 6.96. The fourth-order valence-corrected chi connectivity index (χ4v) is 4.51. The van der Waals surface area contributed by atoms with Crippen LogP contribution in [0.5, 0.6) is 5.75 Å². The Kier molecular flexibility index (Phi) is 8.20. The number of aliphatic hydroxyl groups is 1. The fraction of sp³-hybridized carbons (Fsp3) is 0.462. The molecule has 2 aliphatic rings. The van der Waals surface area contributed by atoms with Crippen molar-refractivity contribution >= 4 is 23.6 Å². The zero-order valence-corrected chi connectivity index (χ0v) is 21.1. The lowest BCUT2D eigenvalue weighted by atomic mass is 9.91. The van der Waals surface area contributed by atoms with Crippen molar-refractivity contribution in [2.75, 3.05) is 0 Å². The Morgan fingerprint density at radius 2 is 1.76 bits per heavy atom. The molecular weight excluding hydrogens is 492 g/mol. The van der Waals surface area contributed by atoms with Crippen molar-refractivity contribution in [2.24, 2.45) is 11.8 Å². The molecule has 6 atom stereocenters. The smallest absolute Gasteiger partial charge is 0.274 e. The van der Waals surface area contributed by atoms with Gasteiger partial charge in [-0.25, -0.2) is 4.98 Å². The number of carbonyl (C=O) groups excluding carboxylic acids is 4. The van der Waals surface area contributed by atoms with Gasteiger partial charge in [0, 0.05) is 18.6 Å². The first-order chi connectivity index (χ1) is 18.2. The van der Waals surface area contributed by atoms with E-state index >= 15 is 0 Å². The summed E-state index contributed by atoms with van der Waals surface area (Å²) in [5.74, 6) is -3.88. The van der Waals surface area contributed by atoms with Gasteiger partial charge in [0.2, 0.25) is 17.7 Å². The first-order valence-electron chi connectivity index (χ1n) is 12.6. The molecule has 1 aliphatic heterocycles. The van der Waals surface area contributed by atoms with Crippen molar-refractivity contribution in [3.05, 3.63) is 54.1 Å². The number of pyridine rings is 2. The summed E-state index contributed by atoms with van der Waals surface area (Å²) < 4.78 is 0. The summed E-state index contributed by atoms with van der Waals surface area (Å²) >= 11 is 0. The zero-order valence-electron chi connectivity index (χ0n) is 21.1. The molecular formula is C26H32N6O6. The molecule has 4 rings (SSSR count). The van der Waals surface area contributed by atoms with E-state index in [0.29, 0.717) is 5.56 Å². The predicted octanol–water partition coefficient (Wildman–Crippen LogP) is -0.582. The van der Waals surface area contributed by atoms with Gasteiger partial charge in [0.1, 0.15) is 17.8 Å². The average molecular weight is 525 g/mol. The summed E-state index contributed by atoms with van der Waals surface area (Å²) in [4.78, 5) is 60.6. The maximum Gasteiger partial charge on any atom is 0.274 e. The highest BCUT2D eigenvalue weighted by Crippen LogP contribution is 2.33. The molecule has 2 fully saturated rings. The number of carbonyl (C=O) groups is 4. The largest absolute Gasteiger partial charge is 0.505 e. The second-order valence-corrected chi connectivity index (χ2v) is 9.90. The lowest BCUT2D eigenvalue weighted by molar-refractivity contribution is -0.136. The van der Waals surface area contributed by atoms with Gasteiger partial charge in [0.15, 0.2) is 5.69 Å². The first kappa shape index (κ1) is 27.0. The van der Waals surface area contributed by atoms with Crippen LogP contribution < -0.4 is 21.3 Å². The summed E-state index contributed by atoms with van der Waals surface area (Å²) in [7, 11) is 0. The van der Waals surface area contributed by atoms with E-state index in [1.165, 1.54) is 25.3 Å². The molecule has 12 heteroatoms. The number of nitrogens with zero attached hydrogens (tertiary/aromatic N) is 2. The SMILES string of the molecule is CC1NC(=O)C(C2CC2)NC(=O)C(C)C(O)C(Cc2cccnc2)NC(=O)C1NC(=O)c1ncccc1O. The summed E-state index contributed by atoms with van der Waals surface area (Å²) in [5, 5.41) is 32.1. The van der Waals surface area contributed by atoms with Gasteiger partial charge < -0.3 is 31.5 Å². The Morgan fingerprint density at radius 1 is 1.03 bits per heavy atom. The molecule has 12 nitrogen and oxygen atoms in total. The molecule has 6 unspecified atom stereocenters. The zero-order chi connectivity index (χ0) is 27.4. The normalized spacial score (nSPS) is 28.7. The molecule has 2 aromatic heterocycles. The summed E-state index contributed by atoms with van der Waals surface area (Å²) in [6.45, 7) is 3.08. The fourth-order valence-electron chi connectivity index (χ4n) is 4.51. The number of nitrogens with one attached hydrogen (secondary N) is 4. The van der Waals surface area contributed by atoms with Gasteiger partial charge in [-0.3, -0.25) is 24.2 Å². The van der Waals surface area contributed by atoms with E-state index < -0.39 is 59.8 Å². The van der Waals surface area contributed by atoms with E-state index in [9.17, 15) is 29.4 Å². The lowest BCUT2D eigenvalue weighted by Gasteiger charge is -2.34. The van der Waals surface area contributed by atoms with Crippen LogP contribution in [0.3, 0.4) is 0 Å². The Labute approximate surface area is 219 Å². The van der Waals surface area contributed by atoms with Gasteiger partial charge in [-0.05, 0) is 55.9 Å². The van der Waals surface area contributed by atoms with Crippen LogP contribution in [-0.2, 0) is 20.8 Å². The van der Waals surface area contributed by atoms with E-state index in [4.69, 9.17) is 0 Å². The number of aliphatic hydroxyl groups excluding tert-OH is 1. The molecule has 3 heterocycles. The summed E-state index contributed by atoms with van der Waals surface area (Å²) in [5.41, 5.74) is 0.432. The van der Waals surface area contributed by atoms with Crippen LogP contribution in [0.2, 0.25) is 0 Å². The van der Waals surface area contributed by atoms with E-state index in [0.717, 1.165) is 12.8 Å². The van der Waals surface area contributed by atoms with E-state index in [-0.39, 0.29) is 23.8 Å². The Hall–Kier alpha value is -4.06. The lowest BCUT2D eigenvalue weighted by Crippen LogP contribution is -2.64. The summed E-state index contributed by atoms with van der Waals surface area (Å²) in [6, 6.07) is 2.28. The average Bonchev–Trinajstić information content (AvgIpc) is 3.74. The topological polar surface area (TPSA) is 183 Å². The van der Waals surface area contributed by atoms with Crippen molar-refractivity contribution in [1.82, 2.24) is 31.2 Å². The molecule has 1 saturated heterocycles. The molecule has 1 aliphatic carbocycles. The van der Waals surface area contributed by atoms with Crippen molar-refractivity contribution < 1.29 is 29.4 Å². The highest BCUT2D eigenvalue weighted by atomic mass is 16.3. The maximum absolute atomic E-state index is 13.6. The van der Waals surface area contributed by atoms with Crippen LogP contribution in [0.25, 0.3) is 0 Å². The van der Waals surface area contributed by atoms with E-state index in [1.807, 2.05) is 0 Å². The molecule has 2 aromatic rings. The van der Waals surface area contributed by atoms with Crippen LogP contribution in [0, 0.1) is 11.8 Å². The number of aromatic hydroxyl groups is 1. The monoisotopic (exact) mass is 524 g/mol. The molecule has 38 heavy (non-hydrogen) atoms. The molecule has 202 valence electrons. The predicted molar refractivity (Wildman–Crippen MR) is 134 cm³/mol. The van der Waals surface area contributed by atoms with Crippen molar-refractivity contribution in [1.29, 1.82) is 0 Å². The Morgan fingerprint density at radius 3 is 2.42 bits per heavy atom. The minimum Gasteiger partial charge on any atom is -0.505 e. The molecule has 0 bridgehead atoms. The van der Waals surface area contributed by atoms with Crippen LogP contribution >= 0.6 is 0 Å². The molecule has 0 aromatic carbocycles. The molecule has 1 saturated carbocycles. The maximum atomic E-state index is 13.6. The number of hydrogen-bond donors (Lipinski definition) is 6. The Balaban J connectivity index is 1.66. The number of rotatable bonds is 5. The van der Waals surface area contributed by atoms with Crippen LogP contribution in [-0.4, -0.2) is 74.1 Å². The minimum atomic E-state index is -1.31.